The molecule has 1 rings (SSSR count). The highest BCUT2D eigenvalue weighted by Crippen LogP contribution is 2.30. The Morgan fingerprint density at radius 3 is 2.44 bits per heavy atom. The van der Waals surface area contributed by atoms with Gasteiger partial charge in [-0.3, -0.25) is 9.59 Å². The molecule has 0 aromatic rings. The summed E-state index contributed by atoms with van der Waals surface area (Å²) < 4.78 is 4.65. The Bertz CT molecular complexity index is 299. The van der Waals surface area contributed by atoms with Gasteiger partial charge in [-0.15, -0.1) is 0 Å². The number of piperidine rings is 1. The maximum atomic E-state index is 12.6. The largest absolute Gasteiger partial charge is 0.468 e. The number of ether oxygens (including phenoxy) is 1. The summed E-state index contributed by atoms with van der Waals surface area (Å²) in [6.45, 7) is 6.39. The molecule has 104 valence electrons. The van der Waals surface area contributed by atoms with Crippen molar-refractivity contribution in [2.24, 2.45) is 5.41 Å². The monoisotopic (exact) mass is 256 g/mol. The fraction of sp³-hybridized carbons (Fsp3) is 0.846. The number of carbonyl (C=O) groups is 2. The lowest BCUT2D eigenvalue weighted by atomic mass is 9.79. The van der Waals surface area contributed by atoms with E-state index in [0.29, 0.717) is 6.54 Å². The Morgan fingerprint density at radius 1 is 1.33 bits per heavy atom. The summed E-state index contributed by atoms with van der Waals surface area (Å²) in [5, 5.41) is 3.26. The number of esters is 1. The van der Waals surface area contributed by atoms with Crippen LogP contribution in [0.1, 0.15) is 33.1 Å². The van der Waals surface area contributed by atoms with Crippen molar-refractivity contribution in [3.63, 3.8) is 0 Å². The minimum atomic E-state index is -0.352. The van der Waals surface area contributed by atoms with E-state index in [2.05, 4.69) is 10.1 Å². The molecule has 0 aromatic heterocycles. The highest BCUT2D eigenvalue weighted by molar-refractivity contribution is 5.86. The molecule has 1 heterocycles. The van der Waals surface area contributed by atoms with Gasteiger partial charge in [-0.2, -0.15) is 0 Å². The van der Waals surface area contributed by atoms with Crippen LogP contribution in [0.4, 0.5) is 0 Å². The zero-order valence-corrected chi connectivity index (χ0v) is 11.6. The predicted molar refractivity (Wildman–Crippen MR) is 69.1 cm³/mol. The molecule has 1 saturated heterocycles. The molecular formula is C13H24N2O3. The SMILES string of the molecule is CCCN(CC(=O)OC)C(=O)C1(C)CCNCC1. The van der Waals surface area contributed by atoms with Gasteiger partial charge in [-0.1, -0.05) is 13.8 Å². The van der Waals surface area contributed by atoms with E-state index >= 15 is 0 Å². The third kappa shape index (κ3) is 3.70. The van der Waals surface area contributed by atoms with Gasteiger partial charge in [0.1, 0.15) is 6.54 Å². The van der Waals surface area contributed by atoms with Gasteiger partial charge in [0, 0.05) is 12.0 Å². The number of amides is 1. The molecule has 1 N–H and O–H groups in total. The molecule has 0 radical (unpaired) electrons. The summed E-state index contributed by atoms with van der Waals surface area (Å²) in [5.74, 6) is -0.273. The molecule has 5 heteroatoms. The third-order valence-corrected chi connectivity index (χ3v) is 3.55. The maximum absolute atomic E-state index is 12.6. The normalized spacial score (nSPS) is 18.2. The highest BCUT2D eigenvalue weighted by atomic mass is 16.5. The highest BCUT2D eigenvalue weighted by Gasteiger charge is 2.37. The average molecular weight is 256 g/mol. The molecule has 1 aliphatic rings. The second kappa shape index (κ2) is 6.73. The quantitative estimate of drug-likeness (QED) is 0.739. The molecule has 1 aliphatic heterocycles. The van der Waals surface area contributed by atoms with E-state index in [0.717, 1.165) is 32.4 Å². The van der Waals surface area contributed by atoms with Crippen molar-refractivity contribution < 1.29 is 14.3 Å². The minimum Gasteiger partial charge on any atom is -0.468 e. The van der Waals surface area contributed by atoms with E-state index in [-0.39, 0.29) is 23.8 Å². The van der Waals surface area contributed by atoms with Gasteiger partial charge in [0.2, 0.25) is 5.91 Å². The lowest BCUT2D eigenvalue weighted by Gasteiger charge is -2.37. The smallest absolute Gasteiger partial charge is 0.325 e. The van der Waals surface area contributed by atoms with Crippen LogP contribution in [-0.4, -0.2) is 50.1 Å². The van der Waals surface area contributed by atoms with Crippen LogP contribution in [0.2, 0.25) is 0 Å². The third-order valence-electron chi connectivity index (χ3n) is 3.55. The van der Waals surface area contributed by atoms with Crippen LogP contribution >= 0.6 is 0 Å². The van der Waals surface area contributed by atoms with Gasteiger partial charge < -0.3 is 15.0 Å². The number of nitrogens with zero attached hydrogens (tertiary/aromatic N) is 1. The molecule has 0 unspecified atom stereocenters. The summed E-state index contributed by atoms with van der Waals surface area (Å²) in [4.78, 5) is 25.5. The molecule has 0 spiro atoms. The first-order valence-electron chi connectivity index (χ1n) is 6.60. The molecule has 1 fully saturated rings. The number of nitrogens with one attached hydrogen (secondary N) is 1. The Labute approximate surface area is 109 Å². The van der Waals surface area contributed by atoms with E-state index in [1.54, 1.807) is 4.90 Å². The van der Waals surface area contributed by atoms with Crippen LogP contribution in [0.25, 0.3) is 0 Å². The van der Waals surface area contributed by atoms with Gasteiger partial charge >= 0.3 is 5.97 Å². The Hall–Kier alpha value is -1.10. The number of hydrogen-bond donors (Lipinski definition) is 1. The van der Waals surface area contributed by atoms with Crippen molar-refractivity contribution in [1.29, 1.82) is 0 Å². The second-order valence-electron chi connectivity index (χ2n) is 5.11. The molecule has 5 nitrogen and oxygen atoms in total. The fourth-order valence-electron chi connectivity index (χ4n) is 2.32. The summed E-state index contributed by atoms with van der Waals surface area (Å²) in [6.07, 6.45) is 2.50. The first-order chi connectivity index (χ1) is 8.53. The van der Waals surface area contributed by atoms with Gasteiger partial charge in [-0.25, -0.2) is 0 Å². The fourth-order valence-corrected chi connectivity index (χ4v) is 2.32. The standard InChI is InChI=1S/C13H24N2O3/c1-4-9-15(10-11(16)18-3)12(17)13(2)5-7-14-8-6-13/h14H,4-10H2,1-3H3. The van der Waals surface area contributed by atoms with Crippen LogP contribution in [0, 0.1) is 5.41 Å². The first kappa shape index (κ1) is 15.0. The summed E-state index contributed by atoms with van der Waals surface area (Å²) >= 11 is 0. The van der Waals surface area contributed by atoms with Crippen LogP contribution in [-0.2, 0) is 14.3 Å². The van der Waals surface area contributed by atoms with Crippen LogP contribution < -0.4 is 5.32 Å². The number of carbonyl (C=O) groups excluding carboxylic acids is 2. The van der Waals surface area contributed by atoms with E-state index in [9.17, 15) is 9.59 Å². The van der Waals surface area contributed by atoms with Gasteiger partial charge in [0.25, 0.3) is 0 Å². The van der Waals surface area contributed by atoms with Crippen molar-refractivity contribution in [2.45, 2.75) is 33.1 Å². The van der Waals surface area contributed by atoms with E-state index in [1.807, 2.05) is 13.8 Å². The van der Waals surface area contributed by atoms with E-state index in [4.69, 9.17) is 0 Å². The van der Waals surface area contributed by atoms with Crippen molar-refractivity contribution in [3.8, 4) is 0 Å². The van der Waals surface area contributed by atoms with Gasteiger partial charge in [-0.05, 0) is 32.4 Å². The molecule has 0 aromatic carbocycles. The van der Waals surface area contributed by atoms with Gasteiger partial charge in [0.15, 0.2) is 0 Å². The van der Waals surface area contributed by atoms with E-state index in [1.165, 1.54) is 7.11 Å². The topological polar surface area (TPSA) is 58.6 Å². The zero-order chi connectivity index (χ0) is 13.6. The van der Waals surface area contributed by atoms with Crippen molar-refractivity contribution in [1.82, 2.24) is 10.2 Å². The number of hydrogen-bond acceptors (Lipinski definition) is 4. The number of methoxy groups -OCH3 is 1. The van der Waals surface area contributed by atoms with Crippen molar-refractivity contribution in [3.05, 3.63) is 0 Å². The van der Waals surface area contributed by atoms with Crippen LogP contribution in [0.15, 0.2) is 0 Å². The lowest BCUT2D eigenvalue weighted by molar-refractivity contribution is -0.152. The van der Waals surface area contributed by atoms with E-state index < -0.39 is 0 Å². The second-order valence-corrected chi connectivity index (χ2v) is 5.11. The molecule has 0 atom stereocenters. The van der Waals surface area contributed by atoms with Gasteiger partial charge in [0.05, 0.1) is 7.11 Å². The Kier molecular flexibility index (Phi) is 5.59. The molecular weight excluding hydrogens is 232 g/mol. The number of rotatable bonds is 5. The van der Waals surface area contributed by atoms with Crippen LogP contribution in [0.5, 0.6) is 0 Å². The summed E-state index contributed by atoms with van der Waals surface area (Å²) in [6, 6.07) is 0. The summed E-state index contributed by atoms with van der Waals surface area (Å²) in [5.41, 5.74) is -0.339. The average Bonchev–Trinajstić information content (AvgIpc) is 2.38. The Balaban J connectivity index is 2.71. The Morgan fingerprint density at radius 2 is 1.94 bits per heavy atom. The van der Waals surface area contributed by atoms with Crippen molar-refractivity contribution in [2.75, 3.05) is 33.3 Å². The molecule has 1 amide bonds. The molecule has 0 bridgehead atoms. The summed E-state index contributed by atoms with van der Waals surface area (Å²) in [7, 11) is 1.35. The molecule has 18 heavy (non-hydrogen) atoms. The lowest BCUT2D eigenvalue weighted by Crippen LogP contribution is -2.49. The molecule has 0 aliphatic carbocycles. The predicted octanol–water partition coefficient (Wildman–Crippen LogP) is 0.788. The first-order valence-corrected chi connectivity index (χ1v) is 6.60. The van der Waals surface area contributed by atoms with Crippen LogP contribution in [0.3, 0.4) is 0 Å². The minimum absolute atomic E-state index is 0.0617. The maximum Gasteiger partial charge on any atom is 0.325 e. The zero-order valence-electron chi connectivity index (χ0n) is 11.6. The molecule has 0 saturated carbocycles. The van der Waals surface area contributed by atoms with Crippen molar-refractivity contribution >= 4 is 11.9 Å².